The van der Waals surface area contributed by atoms with Crippen molar-refractivity contribution in [1.82, 2.24) is 5.32 Å². The summed E-state index contributed by atoms with van der Waals surface area (Å²) in [7, 11) is 1.67. The number of ether oxygens (including phenoxy) is 1. The molecule has 0 amide bonds. The lowest BCUT2D eigenvalue weighted by Gasteiger charge is -2.33. The minimum Gasteiger partial charge on any atom is -0.497 e. The van der Waals surface area contributed by atoms with Crippen LogP contribution in [0.5, 0.6) is 5.75 Å². The van der Waals surface area contributed by atoms with Crippen LogP contribution in [-0.4, -0.2) is 37.9 Å². The van der Waals surface area contributed by atoms with Gasteiger partial charge in [0.2, 0.25) is 0 Å². The number of fused-ring (bicyclic) bond motifs is 3. The summed E-state index contributed by atoms with van der Waals surface area (Å²) in [5.41, 5.74) is 7.83. The molecule has 3 aliphatic heterocycles. The van der Waals surface area contributed by atoms with E-state index < -0.39 is 0 Å². The smallest absolute Gasteiger partial charge is 0.119 e. The molecule has 3 aliphatic rings. The summed E-state index contributed by atoms with van der Waals surface area (Å²) < 4.78 is 5.35. The third-order valence-electron chi connectivity index (χ3n) is 6.64. The van der Waals surface area contributed by atoms with Gasteiger partial charge in [0.05, 0.1) is 13.7 Å². The van der Waals surface area contributed by atoms with E-state index in [9.17, 15) is 5.11 Å². The van der Waals surface area contributed by atoms with Crippen molar-refractivity contribution in [2.75, 3.05) is 31.6 Å². The largest absolute Gasteiger partial charge is 0.497 e. The van der Waals surface area contributed by atoms with Gasteiger partial charge in [0.15, 0.2) is 0 Å². The highest BCUT2D eigenvalue weighted by molar-refractivity contribution is 5.78. The Morgan fingerprint density at radius 3 is 3.00 bits per heavy atom. The molecule has 5 rings (SSSR count). The van der Waals surface area contributed by atoms with Gasteiger partial charge in [-0.15, -0.1) is 0 Å². The molecule has 0 spiro atoms. The maximum absolute atomic E-state index is 9.93. The van der Waals surface area contributed by atoms with Gasteiger partial charge in [-0.3, -0.25) is 0 Å². The van der Waals surface area contributed by atoms with E-state index in [0.717, 1.165) is 36.4 Å². The zero-order valence-corrected chi connectivity index (χ0v) is 16.0. The standard InChI is InChI=1S/C23H28N2O2/c1-27-18-5-6-19(17(11-18)14-26)16-10-15-4-2-3-9-25-22-7-8-24-13-21(22)20(12-16)23(15)25/h5-6,10-12,21-22,24,26H,2-4,7-9,13-14H2,1H3. The van der Waals surface area contributed by atoms with E-state index in [1.807, 2.05) is 12.1 Å². The monoisotopic (exact) mass is 364 g/mol. The number of aryl methyl sites for hydroxylation is 1. The third-order valence-corrected chi connectivity index (χ3v) is 6.64. The molecule has 2 N–H and O–H groups in total. The molecular formula is C23H28N2O2. The Bertz CT molecular complexity index is 864. The van der Waals surface area contributed by atoms with Crippen LogP contribution in [-0.2, 0) is 13.0 Å². The second kappa shape index (κ2) is 6.84. The molecule has 1 fully saturated rings. The number of nitrogens with zero attached hydrogens (tertiary/aromatic N) is 1. The Labute approximate surface area is 161 Å². The van der Waals surface area contributed by atoms with E-state index in [2.05, 4.69) is 28.4 Å². The first kappa shape index (κ1) is 17.1. The van der Waals surface area contributed by atoms with Crippen molar-refractivity contribution in [2.24, 2.45) is 0 Å². The zero-order valence-electron chi connectivity index (χ0n) is 16.0. The predicted octanol–water partition coefficient (Wildman–Crippen LogP) is 3.46. The van der Waals surface area contributed by atoms with Gasteiger partial charge in [0.1, 0.15) is 5.75 Å². The summed E-state index contributed by atoms with van der Waals surface area (Å²) in [5.74, 6) is 1.38. The quantitative estimate of drug-likeness (QED) is 0.876. The highest BCUT2D eigenvalue weighted by Crippen LogP contribution is 2.48. The molecule has 0 aliphatic carbocycles. The van der Waals surface area contributed by atoms with E-state index in [4.69, 9.17) is 4.74 Å². The van der Waals surface area contributed by atoms with Crippen LogP contribution in [0.15, 0.2) is 30.3 Å². The molecular weight excluding hydrogens is 336 g/mol. The van der Waals surface area contributed by atoms with Crippen LogP contribution < -0.4 is 15.0 Å². The number of aliphatic hydroxyl groups excluding tert-OH is 1. The summed E-state index contributed by atoms with van der Waals surface area (Å²) in [5, 5.41) is 13.5. The second-order valence-corrected chi connectivity index (χ2v) is 8.07. The van der Waals surface area contributed by atoms with Crippen LogP contribution in [0.3, 0.4) is 0 Å². The maximum Gasteiger partial charge on any atom is 0.119 e. The van der Waals surface area contributed by atoms with Crippen LogP contribution in [0.4, 0.5) is 5.69 Å². The molecule has 4 nitrogen and oxygen atoms in total. The normalized spacial score (nSPS) is 23.6. The van der Waals surface area contributed by atoms with E-state index in [1.165, 1.54) is 48.2 Å². The van der Waals surface area contributed by atoms with Crippen LogP contribution in [0.1, 0.15) is 41.9 Å². The Morgan fingerprint density at radius 1 is 1.22 bits per heavy atom. The number of methoxy groups -OCH3 is 1. The van der Waals surface area contributed by atoms with Crippen molar-refractivity contribution in [3.05, 3.63) is 47.0 Å². The number of benzene rings is 2. The molecule has 142 valence electrons. The Balaban J connectivity index is 1.66. The van der Waals surface area contributed by atoms with E-state index in [-0.39, 0.29) is 6.61 Å². The lowest BCUT2D eigenvalue weighted by Crippen LogP contribution is -2.44. The predicted molar refractivity (Wildman–Crippen MR) is 109 cm³/mol. The molecule has 1 saturated heterocycles. The Hall–Kier alpha value is -2.04. The van der Waals surface area contributed by atoms with Crippen LogP contribution >= 0.6 is 0 Å². The Kier molecular flexibility index (Phi) is 4.33. The molecule has 2 unspecified atom stereocenters. The minimum absolute atomic E-state index is 0.0265. The molecule has 27 heavy (non-hydrogen) atoms. The van der Waals surface area contributed by atoms with Gasteiger partial charge in [-0.25, -0.2) is 0 Å². The van der Waals surface area contributed by atoms with Gasteiger partial charge in [-0.1, -0.05) is 6.07 Å². The van der Waals surface area contributed by atoms with Crippen molar-refractivity contribution < 1.29 is 9.84 Å². The van der Waals surface area contributed by atoms with E-state index >= 15 is 0 Å². The third kappa shape index (κ3) is 2.74. The fourth-order valence-electron chi connectivity index (χ4n) is 5.38. The summed E-state index contributed by atoms with van der Waals surface area (Å²) in [6.45, 7) is 3.43. The molecule has 2 aromatic rings. The minimum atomic E-state index is 0.0265. The number of hydrogen-bond donors (Lipinski definition) is 2. The van der Waals surface area contributed by atoms with Crippen molar-refractivity contribution in [3.63, 3.8) is 0 Å². The van der Waals surface area contributed by atoms with Gasteiger partial charge in [-0.05, 0) is 84.3 Å². The molecule has 0 saturated carbocycles. The molecule has 2 atom stereocenters. The lowest BCUT2D eigenvalue weighted by atomic mass is 9.86. The number of aliphatic hydroxyl groups is 1. The molecule has 0 radical (unpaired) electrons. The van der Waals surface area contributed by atoms with Gasteiger partial charge in [0, 0.05) is 30.7 Å². The summed E-state index contributed by atoms with van der Waals surface area (Å²) >= 11 is 0. The first-order valence-electron chi connectivity index (χ1n) is 10.2. The van der Waals surface area contributed by atoms with Crippen molar-refractivity contribution in [2.45, 2.75) is 44.2 Å². The van der Waals surface area contributed by atoms with Crippen molar-refractivity contribution >= 4 is 5.69 Å². The first-order valence-corrected chi connectivity index (χ1v) is 10.2. The number of hydrogen-bond acceptors (Lipinski definition) is 4. The van der Waals surface area contributed by atoms with Gasteiger partial charge >= 0.3 is 0 Å². The second-order valence-electron chi connectivity index (χ2n) is 8.07. The molecule has 3 heterocycles. The first-order chi connectivity index (χ1) is 13.3. The van der Waals surface area contributed by atoms with Crippen LogP contribution in [0, 0.1) is 0 Å². The lowest BCUT2D eigenvalue weighted by molar-refractivity contribution is 0.281. The molecule has 0 bridgehead atoms. The highest BCUT2D eigenvalue weighted by Gasteiger charge is 2.41. The molecule has 2 aromatic carbocycles. The van der Waals surface area contributed by atoms with Gasteiger partial charge in [-0.2, -0.15) is 0 Å². The number of rotatable bonds is 3. The van der Waals surface area contributed by atoms with Crippen molar-refractivity contribution in [3.8, 4) is 16.9 Å². The van der Waals surface area contributed by atoms with Crippen LogP contribution in [0.2, 0.25) is 0 Å². The van der Waals surface area contributed by atoms with E-state index in [1.54, 1.807) is 7.11 Å². The number of nitrogens with one attached hydrogen (secondary N) is 1. The zero-order chi connectivity index (χ0) is 18.4. The molecule has 4 heteroatoms. The fraction of sp³-hybridized carbons (Fsp3) is 0.478. The molecule has 0 aromatic heterocycles. The topological polar surface area (TPSA) is 44.7 Å². The summed E-state index contributed by atoms with van der Waals surface area (Å²) in [6.07, 6.45) is 4.94. The average Bonchev–Trinajstić information content (AvgIpc) is 2.88. The van der Waals surface area contributed by atoms with Crippen molar-refractivity contribution in [1.29, 1.82) is 0 Å². The average molecular weight is 364 g/mol. The van der Waals surface area contributed by atoms with Gasteiger partial charge < -0.3 is 20.1 Å². The number of piperidine rings is 1. The SMILES string of the molecule is COc1ccc(-c2cc3c4c(c2)C2CNCCC2N4CCCC3)c(CO)c1. The maximum atomic E-state index is 9.93. The number of anilines is 1. The Morgan fingerprint density at radius 2 is 2.15 bits per heavy atom. The summed E-state index contributed by atoms with van der Waals surface area (Å²) in [6, 6.07) is 11.5. The van der Waals surface area contributed by atoms with Crippen LogP contribution in [0.25, 0.3) is 11.1 Å². The van der Waals surface area contributed by atoms with E-state index in [0.29, 0.717) is 12.0 Å². The summed E-state index contributed by atoms with van der Waals surface area (Å²) in [4.78, 5) is 2.72. The fourth-order valence-corrected chi connectivity index (χ4v) is 5.38. The van der Waals surface area contributed by atoms with Gasteiger partial charge in [0.25, 0.3) is 0 Å². The highest BCUT2D eigenvalue weighted by atomic mass is 16.5.